The fourth-order valence-electron chi connectivity index (χ4n) is 3.41. The maximum absolute atomic E-state index is 13.8. The number of esters is 2. The Morgan fingerprint density at radius 1 is 0.378 bits per heavy atom. The molecule has 9 nitrogen and oxygen atoms in total. The Morgan fingerprint density at radius 3 is 0.800 bits per heavy atom. The molecule has 0 aliphatic rings. The van der Waals surface area contributed by atoms with Crippen LogP contribution in [-0.4, -0.2) is 86.2 Å². The Kier molecular flexibility index (Phi) is 15.8. The number of carbonyl (C=O) groups is 2. The summed E-state index contributed by atoms with van der Waals surface area (Å²) in [4.78, 5) is 27.5. The number of hydrogen-bond donors (Lipinski definition) is 0. The Hall–Kier alpha value is -1.26. The van der Waals surface area contributed by atoms with Gasteiger partial charge in [-0.2, -0.15) is 0 Å². The average Bonchev–Trinajstić information content (AvgIpc) is 2.85. The van der Waals surface area contributed by atoms with E-state index >= 15 is 0 Å². The van der Waals surface area contributed by atoms with Crippen LogP contribution in [0.1, 0.15) is 131 Å². The third-order valence-corrected chi connectivity index (χ3v) is 6.86. The lowest BCUT2D eigenvalue weighted by atomic mass is 9.86. The van der Waals surface area contributed by atoms with E-state index in [1.54, 1.807) is 13.8 Å². The van der Waals surface area contributed by atoms with E-state index in [2.05, 4.69) is 0 Å². The second-order valence-electron chi connectivity index (χ2n) is 18.1. The van der Waals surface area contributed by atoms with Crippen LogP contribution in [0.4, 0.5) is 0 Å². The summed E-state index contributed by atoms with van der Waals surface area (Å²) in [6, 6.07) is 0. The van der Waals surface area contributed by atoms with Crippen molar-refractivity contribution in [2.45, 2.75) is 159 Å². The van der Waals surface area contributed by atoms with E-state index in [0.717, 1.165) is 0 Å². The standard InChI is InChI=1S/C36H70O9/c1-19-36(26-45-33(14,15)16,24-39-27(37)34(17,20-41-29(2,3)4)21-42-30(5,6)7)25-40-28(38)35(18,22-43-31(8,9)10)23-44-32(11,12)13/h19-26H2,1-18H3. The number of hydrogen-bond acceptors (Lipinski definition) is 9. The van der Waals surface area contributed by atoms with Crippen molar-refractivity contribution in [3.8, 4) is 0 Å². The highest BCUT2D eigenvalue weighted by atomic mass is 16.6. The first-order valence-electron chi connectivity index (χ1n) is 16.4. The van der Waals surface area contributed by atoms with Crippen molar-refractivity contribution < 1.29 is 42.7 Å². The quantitative estimate of drug-likeness (QED) is 0.148. The summed E-state index contributed by atoms with van der Waals surface area (Å²) in [6.07, 6.45) is 0.533. The van der Waals surface area contributed by atoms with Gasteiger partial charge in [-0.05, 0) is 124 Å². The molecule has 0 atom stereocenters. The maximum atomic E-state index is 13.8. The molecule has 0 saturated carbocycles. The molecular weight excluding hydrogens is 576 g/mol. The average molecular weight is 647 g/mol. The Bertz CT molecular complexity index is 807. The lowest BCUT2D eigenvalue weighted by Crippen LogP contribution is -2.47. The highest BCUT2D eigenvalue weighted by Gasteiger charge is 2.43. The zero-order valence-electron chi connectivity index (χ0n) is 32.3. The minimum absolute atomic E-state index is 0.0139. The van der Waals surface area contributed by atoms with E-state index in [-0.39, 0.29) is 46.2 Å². The zero-order valence-corrected chi connectivity index (χ0v) is 32.3. The summed E-state index contributed by atoms with van der Waals surface area (Å²) in [5.41, 5.74) is -5.19. The number of carbonyl (C=O) groups excluding carboxylic acids is 2. The fourth-order valence-corrected chi connectivity index (χ4v) is 3.41. The van der Waals surface area contributed by atoms with E-state index in [1.807, 2.05) is 111 Å². The second kappa shape index (κ2) is 16.2. The second-order valence-corrected chi connectivity index (χ2v) is 18.1. The van der Waals surface area contributed by atoms with Gasteiger partial charge in [0.1, 0.15) is 24.0 Å². The molecule has 0 aliphatic heterocycles. The van der Waals surface area contributed by atoms with Crippen LogP contribution in [-0.2, 0) is 42.7 Å². The van der Waals surface area contributed by atoms with Crippen LogP contribution < -0.4 is 0 Å². The predicted octanol–water partition coefficient (Wildman–Crippen LogP) is 7.56. The van der Waals surface area contributed by atoms with Gasteiger partial charge in [-0.15, -0.1) is 0 Å². The van der Waals surface area contributed by atoms with Gasteiger partial charge >= 0.3 is 11.9 Å². The molecule has 0 aromatic carbocycles. The third-order valence-electron chi connectivity index (χ3n) is 6.86. The summed E-state index contributed by atoms with van der Waals surface area (Å²) >= 11 is 0. The predicted molar refractivity (Wildman–Crippen MR) is 179 cm³/mol. The normalized spacial score (nSPS) is 14.4. The third kappa shape index (κ3) is 19.2. The van der Waals surface area contributed by atoms with Gasteiger partial charge in [-0.25, -0.2) is 0 Å². The molecule has 0 aromatic rings. The van der Waals surface area contributed by atoms with Crippen LogP contribution in [0.25, 0.3) is 0 Å². The molecule has 0 saturated heterocycles. The highest BCUT2D eigenvalue weighted by Crippen LogP contribution is 2.32. The van der Waals surface area contributed by atoms with Gasteiger partial charge in [0.15, 0.2) is 0 Å². The first-order chi connectivity index (χ1) is 19.9. The van der Waals surface area contributed by atoms with Crippen molar-refractivity contribution in [2.24, 2.45) is 16.2 Å². The van der Waals surface area contributed by atoms with Gasteiger partial charge < -0.3 is 33.2 Å². The number of rotatable bonds is 17. The molecule has 45 heavy (non-hydrogen) atoms. The molecule has 0 unspecified atom stereocenters. The lowest BCUT2D eigenvalue weighted by Gasteiger charge is -2.38. The minimum Gasteiger partial charge on any atom is -0.464 e. The van der Waals surface area contributed by atoms with Crippen molar-refractivity contribution in [1.82, 2.24) is 0 Å². The largest absolute Gasteiger partial charge is 0.464 e. The van der Waals surface area contributed by atoms with Gasteiger partial charge in [0.2, 0.25) is 0 Å². The molecule has 0 fully saturated rings. The first-order valence-corrected chi connectivity index (χ1v) is 16.4. The Balaban J connectivity index is 6.18. The maximum Gasteiger partial charge on any atom is 0.316 e. The lowest BCUT2D eigenvalue weighted by molar-refractivity contribution is -0.186. The molecule has 0 radical (unpaired) electrons. The monoisotopic (exact) mass is 647 g/mol. The van der Waals surface area contributed by atoms with Gasteiger partial charge in [-0.1, -0.05) is 6.92 Å². The van der Waals surface area contributed by atoms with E-state index < -0.39 is 56.2 Å². The molecule has 9 heteroatoms. The molecule has 0 bridgehead atoms. The van der Waals surface area contributed by atoms with Gasteiger partial charge in [0, 0.05) is 0 Å². The topological polar surface area (TPSA) is 98.8 Å². The van der Waals surface area contributed by atoms with Crippen LogP contribution in [0.15, 0.2) is 0 Å². The summed E-state index contributed by atoms with van der Waals surface area (Å²) in [6.45, 7) is 35.4. The first kappa shape index (κ1) is 43.7. The molecular formula is C36H70O9. The molecule has 0 aliphatic carbocycles. The van der Waals surface area contributed by atoms with Crippen LogP contribution in [0.2, 0.25) is 0 Å². The summed E-state index contributed by atoms with van der Waals surface area (Å²) in [5, 5.41) is 0. The van der Waals surface area contributed by atoms with Crippen molar-refractivity contribution in [2.75, 3.05) is 46.2 Å². The molecule has 0 spiro atoms. The SMILES string of the molecule is CCC(COC(=O)C(C)(COC(C)(C)C)COC(C)(C)C)(COC(=O)C(C)(COC(C)(C)C)COC(C)(C)C)COC(C)(C)C. The van der Waals surface area contributed by atoms with Crippen molar-refractivity contribution >= 4 is 11.9 Å². The smallest absolute Gasteiger partial charge is 0.316 e. The van der Waals surface area contributed by atoms with Crippen LogP contribution in [0.5, 0.6) is 0 Å². The van der Waals surface area contributed by atoms with E-state index in [1.165, 1.54) is 0 Å². The summed E-state index contributed by atoms with van der Waals surface area (Å²) in [7, 11) is 0. The minimum atomic E-state index is -1.06. The van der Waals surface area contributed by atoms with Crippen LogP contribution >= 0.6 is 0 Å². The Labute approximate surface area is 276 Å². The highest BCUT2D eigenvalue weighted by molar-refractivity contribution is 5.77. The van der Waals surface area contributed by atoms with Gasteiger partial charge in [-0.3, -0.25) is 9.59 Å². The molecule has 0 N–H and O–H groups in total. The summed E-state index contributed by atoms with van der Waals surface area (Å²) < 4.78 is 42.5. The fraction of sp³-hybridized carbons (Fsp3) is 0.944. The van der Waals surface area contributed by atoms with Gasteiger partial charge in [0.05, 0.1) is 66.5 Å². The number of ether oxygens (including phenoxy) is 7. The molecule has 0 heterocycles. The van der Waals surface area contributed by atoms with E-state index in [4.69, 9.17) is 33.2 Å². The van der Waals surface area contributed by atoms with E-state index in [9.17, 15) is 9.59 Å². The van der Waals surface area contributed by atoms with Crippen molar-refractivity contribution in [1.29, 1.82) is 0 Å². The van der Waals surface area contributed by atoms with Gasteiger partial charge in [0.25, 0.3) is 0 Å². The Morgan fingerprint density at radius 2 is 0.600 bits per heavy atom. The van der Waals surface area contributed by atoms with Crippen LogP contribution in [0.3, 0.4) is 0 Å². The van der Waals surface area contributed by atoms with Crippen molar-refractivity contribution in [3.05, 3.63) is 0 Å². The molecule has 0 amide bonds. The van der Waals surface area contributed by atoms with E-state index in [0.29, 0.717) is 6.42 Å². The summed E-state index contributed by atoms with van der Waals surface area (Å²) in [5.74, 6) is -0.893. The molecule has 268 valence electrons. The zero-order chi connectivity index (χ0) is 35.8. The van der Waals surface area contributed by atoms with Crippen LogP contribution in [0, 0.1) is 16.2 Å². The molecule has 0 rings (SSSR count). The molecule has 0 aromatic heterocycles. The van der Waals surface area contributed by atoms with Crippen molar-refractivity contribution in [3.63, 3.8) is 0 Å².